The fraction of sp³-hybridized carbons (Fsp3) is 0.818. The Morgan fingerprint density at radius 3 is 1.18 bits per heavy atom. The Morgan fingerprint density at radius 1 is 0.538 bits per heavy atom. The highest BCUT2D eigenvalue weighted by Gasteiger charge is 2.45. The molecule has 0 aromatic rings. The molecule has 228 valence electrons. The normalized spacial score (nSPS) is 18.0. The second kappa shape index (κ2) is 19.0. The van der Waals surface area contributed by atoms with Crippen LogP contribution in [0.3, 0.4) is 0 Å². The Labute approximate surface area is 223 Å². The molecule has 0 saturated carbocycles. The monoisotopic (exact) mass is 572 g/mol. The van der Waals surface area contributed by atoms with Crippen molar-refractivity contribution in [1.82, 2.24) is 0 Å². The highest BCUT2D eigenvalue weighted by molar-refractivity contribution is 6.06. The third-order valence-electron chi connectivity index (χ3n) is 5.49. The third-order valence-corrected chi connectivity index (χ3v) is 5.49. The number of hydrogen-bond acceptors (Lipinski definition) is 15. The fourth-order valence-electron chi connectivity index (χ4n) is 3.14. The molecule has 0 fully saturated rings. The number of amides is 2. The van der Waals surface area contributed by atoms with E-state index < -0.39 is 84.6 Å². The molecular formula is C22H40N2O15. The molecule has 0 unspecified atom stereocenters. The summed E-state index contributed by atoms with van der Waals surface area (Å²) in [6.07, 6.45) is -19.7. The molecule has 0 aliphatic carbocycles. The van der Waals surface area contributed by atoms with Crippen molar-refractivity contribution in [1.29, 1.82) is 0 Å². The van der Waals surface area contributed by atoms with Gasteiger partial charge in [0.1, 0.15) is 36.6 Å². The molecule has 0 heterocycles. The lowest BCUT2D eigenvalue weighted by molar-refractivity contribution is -0.163. The number of nitrogens with two attached hydrogens (primary N) is 2. The van der Waals surface area contributed by atoms with Crippen LogP contribution in [-0.2, 0) is 33.4 Å². The lowest BCUT2D eigenvalue weighted by Crippen LogP contribution is -2.56. The average Bonchev–Trinajstić information content (AvgIpc) is 2.91. The third kappa shape index (κ3) is 12.3. The van der Waals surface area contributed by atoms with Crippen LogP contribution in [0.15, 0.2) is 0 Å². The largest absolute Gasteiger partial charge is 0.387 e. The van der Waals surface area contributed by atoms with E-state index in [0.717, 1.165) is 6.42 Å². The van der Waals surface area contributed by atoms with Gasteiger partial charge in [-0.3, -0.25) is 19.2 Å². The first-order chi connectivity index (χ1) is 18.2. The molecule has 17 heteroatoms. The van der Waals surface area contributed by atoms with Crippen molar-refractivity contribution >= 4 is 23.4 Å². The lowest BCUT2D eigenvalue weighted by atomic mass is 9.84. The van der Waals surface area contributed by atoms with Crippen molar-refractivity contribution in [2.45, 2.75) is 68.6 Å². The highest BCUT2D eigenvalue weighted by Crippen LogP contribution is 2.19. The average molecular weight is 573 g/mol. The number of Topliss-reactive ketones (excluding diaryl/α,β-unsaturated/α-hetero) is 2. The van der Waals surface area contributed by atoms with E-state index in [4.69, 9.17) is 25.7 Å². The molecule has 39 heavy (non-hydrogen) atoms. The molecule has 0 rings (SSSR count). The van der Waals surface area contributed by atoms with Crippen LogP contribution in [0.5, 0.6) is 0 Å². The summed E-state index contributed by atoms with van der Waals surface area (Å²) in [7, 11) is 0. The van der Waals surface area contributed by atoms with E-state index in [9.17, 15) is 60.0 Å². The van der Waals surface area contributed by atoms with E-state index in [2.05, 4.69) is 0 Å². The highest BCUT2D eigenvalue weighted by atomic mass is 16.5. The van der Waals surface area contributed by atoms with Crippen LogP contribution < -0.4 is 11.5 Å². The van der Waals surface area contributed by atoms with Gasteiger partial charge in [0.2, 0.25) is 11.8 Å². The minimum Gasteiger partial charge on any atom is -0.387 e. The Morgan fingerprint density at radius 2 is 0.846 bits per heavy atom. The van der Waals surface area contributed by atoms with Crippen LogP contribution in [-0.4, -0.2) is 153 Å². The van der Waals surface area contributed by atoms with Crippen molar-refractivity contribution in [3.63, 3.8) is 0 Å². The molecule has 0 saturated heterocycles. The molecule has 2 amide bonds. The zero-order valence-corrected chi connectivity index (χ0v) is 21.4. The van der Waals surface area contributed by atoms with Gasteiger partial charge in [0.05, 0.1) is 32.3 Å². The number of hydrogen-bond donors (Lipinski definition) is 10. The maximum absolute atomic E-state index is 12.8. The summed E-state index contributed by atoms with van der Waals surface area (Å²) in [6.45, 7) is 2.84. The fourth-order valence-corrected chi connectivity index (χ4v) is 3.14. The Bertz CT molecular complexity index is 720. The molecule has 12 N–H and O–H groups in total. The summed E-state index contributed by atoms with van der Waals surface area (Å²) in [5.41, 5.74) is 9.60. The van der Waals surface area contributed by atoms with Crippen molar-refractivity contribution in [3.8, 4) is 0 Å². The standard InChI is InChI=1S/C22H40N2O15/c1-2-4-37-6-8-39-9-7-38-5-3-10(11(25)13(27)15(29)17(31)19(33)21(23)35)12(26)14(28)16(30)18(32)20(34)22(24)36/h10,13-20,27-34H,2-9H2,1H3,(H2,23,35)(H2,24,36)/t13-,14-,15+,16+,17-,18-,19-,20-/m0/s1. The van der Waals surface area contributed by atoms with E-state index in [0.29, 0.717) is 13.2 Å². The lowest BCUT2D eigenvalue weighted by Gasteiger charge is -2.29. The number of ketones is 2. The number of rotatable bonds is 23. The number of carbonyl (C=O) groups excluding carboxylic acids is 4. The maximum Gasteiger partial charge on any atom is 0.249 e. The van der Waals surface area contributed by atoms with E-state index in [1.54, 1.807) is 0 Å². The van der Waals surface area contributed by atoms with Gasteiger partial charge < -0.3 is 66.5 Å². The summed E-state index contributed by atoms with van der Waals surface area (Å²) in [6, 6.07) is 0. The zero-order valence-electron chi connectivity index (χ0n) is 21.4. The van der Waals surface area contributed by atoms with Gasteiger partial charge >= 0.3 is 0 Å². The Balaban J connectivity index is 5.44. The van der Waals surface area contributed by atoms with Gasteiger partial charge in [-0.2, -0.15) is 0 Å². The number of aliphatic hydroxyl groups is 8. The summed E-state index contributed by atoms with van der Waals surface area (Å²) in [5.74, 6) is -8.12. The van der Waals surface area contributed by atoms with Crippen molar-refractivity contribution in [3.05, 3.63) is 0 Å². The van der Waals surface area contributed by atoms with Gasteiger partial charge in [-0.1, -0.05) is 6.92 Å². The number of primary amides is 2. The topological polar surface area (TPSA) is 310 Å². The Kier molecular flexibility index (Phi) is 18.0. The smallest absolute Gasteiger partial charge is 0.249 e. The van der Waals surface area contributed by atoms with Crippen LogP contribution in [0.25, 0.3) is 0 Å². The van der Waals surface area contributed by atoms with Gasteiger partial charge in [0.25, 0.3) is 0 Å². The molecule has 0 aliphatic rings. The summed E-state index contributed by atoms with van der Waals surface area (Å²) in [5, 5.41) is 79.1. The molecule has 0 bridgehead atoms. The van der Waals surface area contributed by atoms with Crippen LogP contribution in [0, 0.1) is 5.92 Å². The zero-order chi connectivity index (χ0) is 30.3. The minimum absolute atomic E-state index is 0.0216. The maximum atomic E-state index is 12.8. The summed E-state index contributed by atoms with van der Waals surface area (Å²) < 4.78 is 15.7. The van der Waals surface area contributed by atoms with Crippen LogP contribution in [0.2, 0.25) is 0 Å². The van der Waals surface area contributed by atoms with Crippen molar-refractivity contribution in [2.24, 2.45) is 17.4 Å². The van der Waals surface area contributed by atoms with Gasteiger partial charge in [-0.15, -0.1) is 0 Å². The van der Waals surface area contributed by atoms with E-state index in [1.807, 2.05) is 6.92 Å². The quantitative estimate of drug-likeness (QED) is 0.0402. The number of aliphatic hydroxyl groups excluding tert-OH is 8. The molecular weight excluding hydrogens is 532 g/mol. The molecule has 0 aliphatic heterocycles. The second-order valence-corrected chi connectivity index (χ2v) is 8.53. The first-order valence-electron chi connectivity index (χ1n) is 12.0. The molecule has 0 aromatic carbocycles. The molecule has 0 radical (unpaired) electrons. The summed E-state index contributed by atoms with van der Waals surface area (Å²) in [4.78, 5) is 47.8. The first-order valence-corrected chi connectivity index (χ1v) is 12.0. The van der Waals surface area contributed by atoms with Crippen LogP contribution >= 0.6 is 0 Å². The van der Waals surface area contributed by atoms with Crippen LogP contribution in [0.1, 0.15) is 19.8 Å². The predicted octanol–water partition coefficient (Wildman–Crippen LogP) is -6.55. The van der Waals surface area contributed by atoms with Gasteiger partial charge in [0.15, 0.2) is 23.8 Å². The molecule has 17 nitrogen and oxygen atoms in total. The predicted molar refractivity (Wildman–Crippen MR) is 127 cm³/mol. The van der Waals surface area contributed by atoms with E-state index in [1.165, 1.54) is 0 Å². The van der Waals surface area contributed by atoms with Gasteiger partial charge in [0, 0.05) is 13.2 Å². The number of ether oxygens (including phenoxy) is 3. The van der Waals surface area contributed by atoms with Gasteiger partial charge in [-0.25, -0.2) is 0 Å². The van der Waals surface area contributed by atoms with E-state index in [-0.39, 0.29) is 26.4 Å². The molecule has 0 aromatic heterocycles. The van der Waals surface area contributed by atoms with Crippen LogP contribution in [0.4, 0.5) is 0 Å². The van der Waals surface area contributed by atoms with Crippen molar-refractivity contribution in [2.75, 3.05) is 39.6 Å². The van der Waals surface area contributed by atoms with Gasteiger partial charge in [-0.05, 0) is 12.8 Å². The summed E-state index contributed by atoms with van der Waals surface area (Å²) >= 11 is 0. The SMILES string of the molecule is CCCOCCOCCOCCC(C(=O)[C@H](O)[C@@H](O)[C@H](O)[C@H](O)C(N)=O)C(=O)[C@H](O)[C@@H](O)[C@H](O)[C@H](O)C(N)=O. The first kappa shape index (κ1) is 36.8. The second-order valence-electron chi connectivity index (χ2n) is 8.53. The molecule has 0 spiro atoms. The number of carbonyl (C=O) groups is 4. The van der Waals surface area contributed by atoms with Crippen molar-refractivity contribution < 1.29 is 74.2 Å². The molecule has 8 atom stereocenters. The Hall–Kier alpha value is -2.16. The minimum atomic E-state index is -2.61. The van der Waals surface area contributed by atoms with E-state index >= 15 is 0 Å².